The van der Waals surface area contributed by atoms with Crippen molar-refractivity contribution in [2.75, 3.05) is 20.8 Å². The first kappa shape index (κ1) is 13.2. The van der Waals surface area contributed by atoms with Gasteiger partial charge in [-0.1, -0.05) is 19.9 Å². The molecule has 0 saturated carbocycles. The molecule has 3 heteroatoms. The van der Waals surface area contributed by atoms with Crippen molar-refractivity contribution in [1.29, 1.82) is 0 Å². The Morgan fingerprint density at radius 2 is 2.06 bits per heavy atom. The van der Waals surface area contributed by atoms with E-state index in [0.717, 1.165) is 30.9 Å². The SMILES string of the molecule is COc1ccc2c(c1OC)CCNC2CC(C)C. The van der Waals surface area contributed by atoms with Crippen LogP contribution in [0, 0.1) is 5.92 Å². The summed E-state index contributed by atoms with van der Waals surface area (Å²) in [6, 6.07) is 4.63. The van der Waals surface area contributed by atoms with Gasteiger partial charge in [0.1, 0.15) is 0 Å². The van der Waals surface area contributed by atoms with Gasteiger partial charge in [-0.15, -0.1) is 0 Å². The van der Waals surface area contributed by atoms with Crippen LogP contribution in [0.4, 0.5) is 0 Å². The molecule has 1 aliphatic heterocycles. The average molecular weight is 249 g/mol. The lowest BCUT2D eigenvalue weighted by molar-refractivity contribution is 0.343. The van der Waals surface area contributed by atoms with Crippen LogP contribution < -0.4 is 14.8 Å². The molecule has 0 saturated heterocycles. The Kier molecular flexibility index (Phi) is 4.12. The summed E-state index contributed by atoms with van der Waals surface area (Å²) < 4.78 is 10.9. The normalized spacial score (nSPS) is 18.6. The van der Waals surface area contributed by atoms with Gasteiger partial charge in [-0.25, -0.2) is 0 Å². The van der Waals surface area contributed by atoms with Gasteiger partial charge >= 0.3 is 0 Å². The fraction of sp³-hybridized carbons (Fsp3) is 0.600. The van der Waals surface area contributed by atoms with Crippen molar-refractivity contribution in [1.82, 2.24) is 5.32 Å². The Morgan fingerprint density at radius 3 is 2.67 bits per heavy atom. The second-order valence-corrected chi connectivity index (χ2v) is 5.26. The standard InChI is InChI=1S/C15H23NO2/c1-10(2)9-13-11-5-6-14(17-3)15(18-4)12(11)7-8-16-13/h5-6,10,13,16H,7-9H2,1-4H3. The van der Waals surface area contributed by atoms with Gasteiger partial charge in [0.05, 0.1) is 14.2 Å². The smallest absolute Gasteiger partial charge is 0.164 e. The number of ether oxygens (including phenoxy) is 2. The van der Waals surface area contributed by atoms with Gasteiger partial charge in [-0.3, -0.25) is 0 Å². The molecular weight excluding hydrogens is 226 g/mol. The summed E-state index contributed by atoms with van der Waals surface area (Å²) in [6.45, 7) is 5.53. The molecule has 1 aromatic rings. The fourth-order valence-electron chi connectivity index (χ4n) is 2.75. The molecule has 0 radical (unpaired) electrons. The molecule has 0 aromatic heterocycles. The van der Waals surface area contributed by atoms with Gasteiger partial charge in [-0.2, -0.15) is 0 Å². The summed E-state index contributed by atoms with van der Waals surface area (Å²) >= 11 is 0. The molecule has 0 amide bonds. The summed E-state index contributed by atoms with van der Waals surface area (Å²) in [5.74, 6) is 2.42. The maximum absolute atomic E-state index is 5.54. The van der Waals surface area contributed by atoms with E-state index < -0.39 is 0 Å². The Hall–Kier alpha value is -1.22. The zero-order valence-corrected chi connectivity index (χ0v) is 11.7. The summed E-state index contributed by atoms with van der Waals surface area (Å²) in [5, 5.41) is 3.60. The lowest BCUT2D eigenvalue weighted by atomic mass is 9.88. The zero-order chi connectivity index (χ0) is 13.1. The van der Waals surface area contributed by atoms with Crippen LogP contribution in [0.5, 0.6) is 11.5 Å². The second kappa shape index (κ2) is 5.61. The highest BCUT2D eigenvalue weighted by atomic mass is 16.5. The van der Waals surface area contributed by atoms with Crippen LogP contribution in [0.25, 0.3) is 0 Å². The van der Waals surface area contributed by atoms with E-state index in [1.54, 1.807) is 14.2 Å². The Balaban J connectivity index is 2.40. The second-order valence-electron chi connectivity index (χ2n) is 5.26. The van der Waals surface area contributed by atoms with Crippen molar-refractivity contribution in [2.45, 2.75) is 32.7 Å². The molecule has 0 spiro atoms. The third-order valence-corrected chi connectivity index (χ3v) is 3.53. The molecule has 1 aliphatic rings. The minimum Gasteiger partial charge on any atom is -0.493 e. The van der Waals surface area contributed by atoms with E-state index in [0.29, 0.717) is 12.0 Å². The summed E-state index contributed by atoms with van der Waals surface area (Å²) in [7, 11) is 3.41. The first-order valence-electron chi connectivity index (χ1n) is 6.64. The molecule has 18 heavy (non-hydrogen) atoms. The van der Waals surface area contributed by atoms with Crippen molar-refractivity contribution in [3.05, 3.63) is 23.3 Å². The van der Waals surface area contributed by atoms with Gasteiger partial charge < -0.3 is 14.8 Å². The molecule has 0 bridgehead atoms. The predicted molar refractivity (Wildman–Crippen MR) is 73.4 cm³/mol. The molecule has 1 unspecified atom stereocenters. The lowest BCUT2D eigenvalue weighted by Gasteiger charge is -2.30. The summed E-state index contributed by atoms with van der Waals surface area (Å²) in [5.41, 5.74) is 2.67. The average Bonchev–Trinajstić information content (AvgIpc) is 2.37. The highest BCUT2D eigenvalue weighted by Gasteiger charge is 2.24. The number of fused-ring (bicyclic) bond motifs is 1. The van der Waals surface area contributed by atoms with Crippen molar-refractivity contribution in [3.63, 3.8) is 0 Å². The van der Waals surface area contributed by atoms with E-state index in [9.17, 15) is 0 Å². The molecule has 0 fully saturated rings. The van der Waals surface area contributed by atoms with Gasteiger partial charge in [0.15, 0.2) is 11.5 Å². The number of rotatable bonds is 4. The van der Waals surface area contributed by atoms with Gasteiger partial charge in [0.2, 0.25) is 0 Å². The lowest BCUT2D eigenvalue weighted by Crippen LogP contribution is -2.31. The van der Waals surface area contributed by atoms with Crippen LogP contribution in [-0.2, 0) is 6.42 Å². The molecule has 1 N–H and O–H groups in total. The Bertz CT molecular complexity index is 415. The third kappa shape index (κ3) is 2.46. The quantitative estimate of drug-likeness (QED) is 0.890. The van der Waals surface area contributed by atoms with E-state index in [1.165, 1.54) is 11.1 Å². The number of benzene rings is 1. The summed E-state index contributed by atoms with van der Waals surface area (Å²) in [6.07, 6.45) is 2.16. The first-order valence-corrected chi connectivity index (χ1v) is 6.64. The van der Waals surface area contributed by atoms with Crippen LogP contribution >= 0.6 is 0 Å². The topological polar surface area (TPSA) is 30.5 Å². The van der Waals surface area contributed by atoms with E-state index in [4.69, 9.17) is 9.47 Å². The molecule has 1 aromatic carbocycles. The number of nitrogens with one attached hydrogen (secondary N) is 1. The molecule has 1 heterocycles. The van der Waals surface area contributed by atoms with Crippen molar-refractivity contribution < 1.29 is 9.47 Å². The number of hydrogen-bond acceptors (Lipinski definition) is 3. The molecule has 100 valence electrons. The highest BCUT2D eigenvalue weighted by molar-refractivity contribution is 5.52. The molecule has 3 nitrogen and oxygen atoms in total. The fourth-order valence-corrected chi connectivity index (χ4v) is 2.75. The number of hydrogen-bond donors (Lipinski definition) is 1. The molecule has 1 atom stereocenters. The summed E-state index contributed by atoms with van der Waals surface area (Å²) in [4.78, 5) is 0. The third-order valence-electron chi connectivity index (χ3n) is 3.53. The van der Waals surface area contributed by atoms with E-state index in [2.05, 4.69) is 25.2 Å². The monoisotopic (exact) mass is 249 g/mol. The molecular formula is C15H23NO2. The van der Waals surface area contributed by atoms with Gasteiger partial charge in [-0.05, 0) is 36.9 Å². The van der Waals surface area contributed by atoms with Crippen LogP contribution in [0.15, 0.2) is 12.1 Å². The Morgan fingerprint density at radius 1 is 1.28 bits per heavy atom. The van der Waals surface area contributed by atoms with Gasteiger partial charge in [0, 0.05) is 11.6 Å². The first-order chi connectivity index (χ1) is 8.67. The van der Waals surface area contributed by atoms with Crippen LogP contribution in [0.3, 0.4) is 0 Å². The predicted octanol–water partition coefficient (Wildman–Crippen LogP) is 2.94. The van der Waals surface area contributed by atoms with Crippen LogP contribution in [-0.4, -0.2) is 20.8 Å². The van der Waals surface area contributed by atoms with Crippen molar-refractivity contribution in [2.24, 2.45) is 5.92 Å². The van der Waals surface area contributed by atoms with E-state index in [-0.39, 0.29) is 0 Å². The highest BCUT2D eigenvalue weighted by Crippen LogP contribution is 2.39. The molecule has 0 aliphatic carbocycles. The van der Waals surface area contributed by atoms with Gasteiger partial charge in [0.25, 0.3) is 0 Å². The number of methoxy groups -OCH3 is 2. The zero-order valence-electron chi connectivity index (χ0n) is 11.7. The van der Waals surface area contributed by atoms with Crippen molar-refractivity contribution in [3.8, 4) is 11.5 Å². The maximum Gasteiger partial charge on any atom is 0.164 e. The molecule has 2 rings (SSSR count). The Labute approximate surface area is 109 Å². The van der Waals surface area contributed by atoms with Crippen LogP contribution in [0.2, 0.25) is 0 Å². The van der Waals surface area contributed by atoms with E-state index in [1.807, 2.05) is 6.07 Å². The van der Waals surface area contributed by atoms with Crippen molar-refractivity contribution >= 4 is 0 Å². The minimum atomic E-state index is 0.438. The van der Waals surface area contributed by atoms with E-state index >= 15 is 0 Å². The largest absolute Gasteiger partial charge is 0.493 e. The minimum absolute atomic E-state index is 0.438. The maximum atomic E-state index is 5.54. The van der Waals surface area contributed by atoms with Crippen LogP contribution in [0.1, 0.15) is 37.4 Å².